The highest BCUT2D eigenvalue weighted by Crippen LogP contribution is 2.20. The van der Waals surface area contributed by atoms with Crippen LogP contribution >= 0.6 is 0 Å². The number of hydrogen-bond donors (Lipinski definition) is 1. The molecule has 92 valence electrons. The first-order valence-corrected chi connectivity index (χ1v) is 5.66. The summed E-state index contributed by atoms with van der Waals surface area (Å²) in [4.78, 5) is 8.34. The lowest BCUT2D eigenvalue weighted by molar-refractivity contribution is 0.411. The molecule has 0 bridgehead atoms. The lowest BCUT2D eigenvalue weighted by Crippen LogP contribution is -2.03. The van der Waals surface area contributed by atoms with Crippen molar-refractivity contribution in [3.63, 3.8) is 0 Å². The third-order valence-corrected chi connectivity index (χ3v) is 2.67. The minimum atomic E-state index is 0.396. The molecule has 0 amide bonds. The Hall–Kier alpha value is -2.94. The van der Waals surface area contributed by atoms with Crippen molar-refractivity contribution in [2.24, 2.45) is 0 Å². The molecule has 0 spiro atoms. The van der Waals surface area contributed by atoms with Crippen molar-refractivity contribution >= 4 is 16.7 Å². The van der Waals surface area contributed by atoms with Crippen LogP contribution in [0.25, 0.3) is 10.9 Å². The monoisotopic (exact) mass is 251 g/mol. The molecular weight excluding hydrogens is 242 g/mol. The van der Waals surface area contributed by atoms with E-state index < -0.39 is 0 Å². The van der Waals surface area contributed by atoms with Crippen molar-refractivity contribution in [2.45, 2.75) is 6.54 Å². The minimum Gasteiger partial charge on any atom is -0.363 e. The number of pyridine rings is 1. The maximum Gasteiger partial charge on any atom is 0.213 e. The van der Waals surface area contributed by atoms with Crippen LogP contribution in [0.1, 0.15) is 11.4 Å². The number of fused-ring (bicyclic) bond motifs is 1. The van der Waals surface area contributed by atoms with Gasteiger partial charge in [-0.2, -0.15) is 10.2 Å². The Balaban J connectivity index is 1.94. The molecule has 6 nitrogen and oxygen atoms in total. The molecule has 0 aliphatic rings. The summed E-state index contributed by atoms with van der Waals surface area (Å²) in [7, 11) is 0. The van der Waals surface area contributed by atoms with Gasteiger partial charge in [0, 0.05) is 5.39 Å². The molecule has 0 radical (unpaired) electrons. The Morgan fingerprint density at radius 1 is 1.32 bits per heavy atom. The Morgan fingerprint density at radius 3 is 3.00 bits per heavy atom. The van der Waals surface area contributed by atoms with Crippen LogP contribution in [0.3, 0.4) is 0 Å². The number of nitrogens with zero attached hydrogens (tertiary/aromatic N) is 4. The molecule has 2 heterocycles. The second-order valence-corrected chi connectivity index (χ2v) is 3.88. The van der Waals surface area contributed by atoms with E-state index in [1.165, 1.54) is 6.39 Å². The number of nitriles is 1. The molecule has 0 unspecified atom stereocenters. The quantitative estimate of drug-likeness (QED) is 0.766. The molecule has 1 N–H and O–H groups in total. The molecule has 3 aromatic rings. The van der Waals surface area contributed by atoms with Gasteiger partial charge in [0.15, 0.2) is 5.82 Å². The lowest BCUT2D eigenvalue weighted by atomic mass is 10.1. The Labute approximate surface area is 108 Å². The van der Waals surface area contributed by atoms with Crippen molar-refractivity contribution < 1.29 is 4.52 Å². The van der Waals surface area contributed by atoms with Crippen LogP contribution in [0.15, 0.2) is 41.2 Å². The van der Waals surface area contributed by atoms with Gasteiger partial charge in [-0.05, 0) is 12.1 Å². The molecule has 0 aliphatic heterocycles. The Kier molecular flexibility index (Phi) is 2.79. The zero-order valence-corrected chi connectivity index (χ0v) is 9.87. The predicted molar refractivity (Wildman–Crippen MR) is 68.1 cm³/mol. The molecular formula is C13H9N5O. The van der Waals surface area contributed by atoms with E-state index in [0.717, 1.165) is 10.9 Å². The summed E-state index contributed by atoms with van der Waals surface area (Å²) in [6, 6.07) is 11.4. The van der Waals surface area contributed by atoms with E-state index in [-0.39, 0.29) is 0 Å². The van der Waals surface area contributed by atoms with Gasteiger partial charge in [0.1, 0.15) is 5.82 Å². The van der Waals surface area contributed by atoms with Gasteiger partial charge in [0.2, 0.25) is 6.39 Å². The number of anilines is 1. The summed E-state index contributed by atoms with van der Waals surface area (Å²) in [5.41, 5.74) is 1.36. The smallest absolute Gasteiger partial charge is 0.213 e. The van der Waals surface area contributed by atoms with Gasteiger partial charge in [-0.15, -0.1) is 0 Å². The summed E-state index contributed by atoms with van der Waals surface area (Å²) in [6.07, 6.45) is 1.27. The molecule has 0 saturated carbocycles. The highest BCUT2D eigenvalue weighted by molar-refractivity contribution is 5.86. The second kappa shape index (κ2) is 4.74. The second-order valence-electron chi connectivity index (χ2n) is 3.88. The maximum absolute atomic E-state index is 9.17. The molecule has 0 saturated heterocycles. The van der Waals surface area contributed by atoms with Crippen LogP contribution in [0.5, 0.6) is 0 Å². The van der Waals surface area contributed by atoms with E-state index in [2.05, 4.69) is 31.0 Å². The fraction of sp³-hybridized carbons (Fsp3) is 0.0769. The summed E-state index contributed by atoms with van der Waals surface area (Å²) >= 11 is 0. The lowest BCUT2D eigenvalue weighted by Gasteiger charge is -2.06. The van der Waals surface area contributed by atoms with Gasteiger partial charge < -0.3 is 9.84 Å². The molecule has 2 aromatic heterocycles. The number of para-hydroxylation sites is 1. The van der Waals surface area contributed by atoms with E-state index in [0.29, 0.717) is 23.8 Å². The summed E-state index contributed by atoms with van der Waals surface area (Å²) in [6.45, 7) is 0.396. The predicted octanol–water partition coefficient (Wildman–Crippen LogP) is 2.10. The van der Waals surface area contributed by atoms with Crippen molar-refractivity contribution in [1.82, 2.24) is 15.1 Å². The van der Waals surface area contributed by atoms with Crippen molar-refractivity contribution in [3.05, 3.63) is 48.1 Å². The van der Waals surface area contributed by atoms with Crippen molar-refractivity contribution in [2.75, 3.05) is 5.32 Å². The number of nitrogens with one attached hydrogen (secondary N) is 1. The van der Waals surface area contributed by atoms with Gasteiger partial charge in [-0.3, -0.25) is 0 Å². The van der Waals surface area contributed by atoms with Crippen LogP contribution in [0.4, 0.5) is 5.82 Å². The van der Waals surface area contributed by atoms with Crippen LogP contribution < -0.4 is 5.32 Å². The zero-order valence-electron chi connectivity index (χ0n) is 9.87. The maximum atomic E-state index is 9.17. The highest BCUT2D eigenvalue weighted by Gasteiger charge is 2.05. The standard InChI is InChI=1S/C13H9N5O/c14-6-9-5-12(15-7-13-16-8-19-18-13)17-11-4-2-1-3-10(9)11/h1-5,8H,7H2,(H,15,17). The Bertz CT molecular complexity index is 745. The average molecular weight is 251 g/mol. The number of rotatable bonds is 3. The van der Waals surface area contributed by atoms with Crippen LogP contribution in [-0.2, 0) is 6.54 Å². The number of hydrogen-bond acceptors (Lipinski definition) is 6. The van der Waals surface area contributed by atoms with Gasteiger partial charge in [-0.1, -0.05) is 23.4 Å². The summed E-state index contributed by atoms with van der Waals surface area (Å²) < 4.78 is 4.64. The zero-order chi connectivity index (χ0) is 13.1. The molecule has 0 atom stereocenters. The first-order valence-electron chi connectivity index (χ1n) is 5.66. The van der Waals surface area contributed by atoms with Crippen molar-refractivity contribution in [3.8, 4) is 6.07 Å². The number of aromatic nitrogens is 3. The first kappa shape index (κ1) is 11.2. The SMILES string of the molecule is N#Cc1cc(NCc2ncon2)nc2ccccc12. The van der Waals surface area contributed by atoms with Gasteiger partial charge in [0.05, 0.1) is 23.7 Å². The van der Waals surface area contributed by atoms with Crippen molar-refractivity contribution in [1.29, 1.82) is 5.26 Å². The molecule has 1 aromatic carbocycles. The van der Waals surface area contributed by atoms with Gasteiger partial charge >= 0.3 is 0 Å². The van der Waals surface area contributed by atoms with E-state index >= 15 is 0 Å². The summed E-state index contributed by atoms with van der Waals surface area (Å²) in [5.74, 6) is 1.15. The summed E-state index contributed by atoms with van der Waals surface area (Å²) in [5, 5.41) is 16.8. The molecule has 3 rings (SSSR count). The van der Waals surface area contributed by atoms with Crippen LogP contribution in [0, 0.1) is 11.3 Å². The molecule has 0 aliphatic carbocycles. The molecule has 19 heavy (non-hydrogen) atoms. The third-order valence-electron chi connectivity index (χ3n) is 2.67. The van der Waals surface area contributed by atoms with Crippen LogP contribution in [0.2, 0.25) is 0 Å². The third kappa shape index (κ3) is 2.21. The fourth-order valence-electron chi connectivity index (χ4n) is 1.80. The molecule has 0 fully saturated rings. The highest BCUT2D eigenvalue weighted by atomic mass is 16.5. The van der Waals surface area contributed by atoms with E-state index in [4.69, 9.17) is 5.26 Å². The molecule has 6 heteroatoms. The normalized spacial score (nSPS) is 10.3. The fourth-order valence-corrected chi connectivity index (χ4v) is 1.80. The van der Waals surface area contributed by atoms with Gasteiger partial charge in [0.25, 0.3) is 0 Å². The Morgan fingerprint density at radius 2 is 2.21 bits per heavy atom. The van der Waals surface area contributed by atoms with E-state index in [1.54, 1.807) is 6.07 Å². The average Bonchev–Trinajstić information content (AvgIpc) is 2.97. The largest absolute Gasteiger partial charge is 0.363 e. The first-order chi connectivity index (χ1) is 9.36. The van der Waals surface area contributed by atoms with Gasteiger partial charge in [-0.25, -0.2) is 4.98 Å². The van der Waals surface area contributed by atoms with E-state index in [9.17, 15) is 0 Å². The number of benzene rings is 1. The topological polar surface area (TPSA) is 87.6 Å². The minimum absolute atomic E-state index is 0.396. The van der Waals surface area contributed by atoms with E-state index in [1.807, 2.05) is 24.3 Å². The van der Waals surface area contributed by atoms with Crippen LogP contribution in [-0.4, -0.2) is 15.1 Å².